The van der Waals surface area contributed by atoms with Crippen molar-refractivity contribution in [3.63, 3.8) is 0 Å². The average Bonchev–Trinajstić information content (AvgIpc) is 2.46. The van der Waals surface area contributed by atoms with Crippen LogP contribution < -0.4 is 4.74 Å². The van der Waals surface area contributed by atoms with E-state index in [2.05, 4.69) is 22.6 Å². The van der Waals surface area contributed by atoms with E-state index in [0.717, 1.165) is 37.9 Å². The smallest absolute Gasteiger partial charge is 0.406 e. The fourth-order valence-electron chi connectivity index (χ4n) is 3.78. The third-order valence-electron chi connectivity index (χ3n) is 4.97. The molecule has 0 unspecified atom stereocenters. The van der Waals surface area contributed by atoms with Crippen LogP contribution in [-0.2, 0) is 6.54 Å². The van der Waals surface area contributed by atoms with E-state index in [9.17, 15) is 18.3 Å². The van der Waals surface area contributed by atoms with Gasteiger partial charge in [-0.15, -0.1) is 13.2 Å². The van der Waals surface area contributed by atoms with Gasteiger partial charge < -0.3 is 9.84 Å². The standard InChI is InChI=1S/C18H22F3NO2/c1-17-7-5-15(23)10-14(17)6-8-22(12-17)11-13-3-2-4-16(9-13)24-18(19,20)21/h2-4,6,9,15,23H,5,7-8,10-12H2,1H3/t15-,17+/m0/s1. The minimum Gasteiger partial charge on any atom is -0.406 e. The number of fused-ring (bicyclic) bond motifs is 1. The summed E-state index contributed by atoms with van der Waals surface area (Å²) in [6.07, 6.45) is -0.268. The zero-order valence-electron chi connectivity index (χ0n) is 13.6. The van der Waals surface area contributed by atoms with E-state index in [1.54, 1.807) is 6.07 Å². The van der Waals surface area contributed by atoms with E-state index in [4.69, 9.17) is 0 Å². The van der Waals surface area contributed by atoms with E-state index in [0.29, 0.717) is 6.54 Å². The highest BCUT2D eigenvalue weighted by Gasteiger charge is 2.38. The van der Waals surface area contributed by atoms with Crippen LogP contribution in [-0.4, -0.2) is 35.6 Å². The van der Waals surface area contributed by atoms with Crippen molar-refractivity contribution in [1.82, 2.24) is 4.90 Å². The number of alkyl halides is 3. The van der Waals surface area contributed by atoms with Crippen molar-refractivity contribution < 1.29 is 23.0 Å². The van der Waals surface area contributed by atoms with Gasteiger partial charge in [0.15, 0.2) is 0 Å². The molecule has 1 N–H and O–H groups in total. The maximum absolute atomic E-state index is 12.3. The summed E-state index contributed by atoms with van der Waals surface area (Å²) in [5.74, 6) is -0.180. The molecule has 2 aliphatic rings. The van der Waals surface area contributed by atoms with Crippen molar-refractivity contribution in [2.75, 3.05) is 13.1 Å². The van der Waals surface area contributed by atoms with Crippen molar-refractivity contribution in [3.05, 3.63) is 41.5 Å². The lowest BCUT2D eigenvalue weighted by Gasteiger charge is -2.45. The summed E-state index contributed by atoms with van der Waals surface area (Å²) in [5.41, 5.74) is 2.16. The summed E-state index contributed by atoms with van der Waals surface area (Å²) in [5, 5.41) is 9.83. The van der Waals surface area contributed by atoms with Crippen LogP contribution in [0.3, 0.4) is 0 Å². The van der Waals surface area contributed by atoms with Crippen LogP contribution in [0.15, 0.2) is 35.9 Å². The molecule has 1 fully saturated rings. The monoisotopic (exact) mass is 341 g/mol. The number of aliphatic hydroxyl groups excluding tert-OH is 1. The van der Waals surface area contributed by atoms with Gasteiger partial charge in [0.25, 0.3) is 0 Å². The molecule has 0 saturated heterocycles. The first-order chi connectivity index (χ1) is 11.2. The molecule has 132 valence electrons. The topological polar surface area (TPSA) is 32.7 Å². The summed E-state index contributed by atoms with van der Waals surface area (Å²) in [6, 6.07) is 6.16. The quantitative estimate of drug-likeness (QED) is 0.847. The Kier molecular flexibility index (Phi) is 4.62. The highest BCUT2D eigenvalue weighted by atomic mass is 19.4. The summed E-state index contributed by atoms with van der Waals surface area (Å²) in [7, 11) is 0. The van der Waals surface area contributed by atoms with Gasteiger partial charge in [-0.3, -0.25) is 4.90 Å². The van der Waals surface area contributed by atoms with E-state index < -0.39 is 6.36 Å². The Morgan fingerprint density at radius 3 is 2.92 bits per heavy atom. The van der Waals surface area contributed by atoms with Crippen molar-refractivity contribution >= 4 is 0 Å². The Hall–Kier alpha value is -1.53. The maximum Gasteiger partial charge on any atom is 0.573 e. The highest BCUT2D eigenvalue weighted by Crippen LogP contribution is 2.43. The molecule has 0 amide bonds. The molecule has 1 heterocycles. The van der Waals surface area contributed by atoms with Crippen LogP contribution in [0.2, 0.25) is 0 Å². The van der Waals surface area contributed by atoms with Crippen LogP contribution >= 0.6 is 0 Å². The number of rotatable bonds is 3. The van der Waals surface area contributed by atoms with Gasteiger partial charge in [0.05, 0.1) is 6.10 Å². The SMILES string of the molecule is C[C@]12CC[C@H](O)CC1=CCN(Cc1cccc(OC(F)(F)F)c1)C2. The number of aliphatic hydroxyl groups is 1. The fraction of sp³-hybridized carbons (Fsp3) is 0.556. The molecule has 0 aromatic heterocycles. The second-order valence-corrected chi connectivity index (χ2v) is 7.05. The normalized spacial score (nSPS) is 28.2. The number of benzene rings is 1. The van der Waals surface area contributed by atoms with Gasteiger partial charge in [0, 0.05) is 25.0 Å². The number of nitrogens with zero attached hydrogens (tertiary/aromatic N) is 1. The third-order valence-corrected chi connectivity index (χ3v) is 4.97. The summed E-state index contributed by atoms with van der Waals surface area (Å²) < 4.78 is 41.0. The number of ether oxygens (including phenoxy) is 1. The molecule has 1 aromatic carbocycles. The average molecular weight is 341 g/mol. The second kappa shape index (κ2) is 6.41. The Bertz CT molecular complexity index is 629. The predicted molar refractivity (Wildman–Crippen MR) is 84.4 cm³/mol. The molecular formula is C18H22F3NO2. The van der Waals surface area contributed by atoms with Crippen molar-refractivity contribution in [3.8, 4) is 5.75 Å². The van der Waals surface area contributed by atoms with Crippen LogP contribution in [0.25, 0.3) is 0 Å². The molecule has 1 saturated carbocycles. The molecule has 24 heavy (non-hydrogen) atoms. The van der Waals surface area contributed by atoms with Gasteiger partial charge in [0.1, 0.15) is 5.75 Å². The molecular weight excluding hydrogens is 319 g/mol. The van der Waals surface area contributed by atoms with Crippen LogP contribution in [0.1, 0.15) is 31.7 Å². The van der Waals surface area contributed by atoms with Crippen molar-refractivity contribution in [1.29, 1.82) is 0 Å². The Balaban J connectivity index is 1.68. The zero-order valence-corrected chi connectivity index (χ0v) is 13.6. The van der Waals surface area contributed by atoms with E-state index in [1.165, 1.54) is 17.7 Å². The molecule has 3 nitrogen and oxygen atoms in total. The van der Waals surface area contributed by atoms with Crippen LogP contribution in [0.4, 0.5) is 13.2 Å². The van der Waals surface area contributed by atoms with Gasteiger partial charge in [-0.25, -0.2) is 0 Å². The first kappa shape index (κ1) is 17.3. The van der Waals surface area contributed by atoms with Gasteiger partial charge in [-0.05, 0) is 37.0 Å². The Morgan fingerprint density at radius 2 is 2.17 bits per heavy atom. The van der Waals surface area contributed by atoms with Crippen molar-refractivity contribution in [2.24, 2.45) is 5.41 Å². The van der Waals surface area contributed by atoms with Gasteiger partial charge >= 0.3 is 6.36 Å². The largest absolute Gasteiger partial charge is 0.573 e. The molecule has 6 heteroatoms. The van der Waals surface area contributed by atoms with Crippen molar-refractivity contribution in [2.45, 2.75) is 45.2 Å². The van der Waals surface area contributed by atoms with Gasteiger partial charge in [0.2, 0.25) is 0 Å². The number of hydrogen-bond donors (Lipinski definition) is 1. The number of halogens is 3. The Morgan fingerprint density at radius 1 is 1.38 bits per heavy atom. The molecule has 2 atom stereocenters. The minimum atomic E-state index is -4.67. The zero-order chi connectivity index (χ0) is 17.4. The van der Waals surface area contributed by atoms with E-state index in [-0.39, 0.29) is 17.3 Å². The minimum absolute atomic E-state index is 0.0531. The van der Waals surface area contributed by atoms with E-state index >= 15 is 0 Å². The van der Waals surface area contributed by atoms with Crippen LogP contribution in [0, 0.1) is 5.41 Å². The number of hydrogen-bond acceptors (Lipinski definition) is 3. The molecule has 0 spiro atoms. The van der Waals surface area contributed by atoms with Gasteiger partial charge in [-0.2, -0.15) is 0 Å². The van der Waals surface area contributed by atoms with E-state index in [1.807, 2.05) is 6.07 Å². The molecule has 1 aliphatic carbocycles. The first-order valence-corrected chi connectivity index (χ1v) is 8.18. The van der Waals surface area contributed by atoms with Gasteiger partial charge in [-0.1, -0.05) is 30.7 Å². The molecule has 0 bridgehead atoms. The molecule has 0 radical (unpaired) electrons. The molecule has 3 rings (SSSR count). The lowest BCUT2D eigenvalue weighted by atomic mass is 9.69. The summed E-state index contributed by atoms with van der Waals surface area (Å²) in [4.78, 5) is 2.23. The first-order valence-electron chi connectivity index (χ1n) is 8.18. The maximum atomic E-state index is 12.3. The lowest BCUT2D eigenvalue weighted by molar-refractivity contribution is -0.274. The molecule has 1 aliphatic heterocycles. The van der Waals surface area contributed by atoms with Crippen LogP contribution in [0.5, 0.6) is 5.75 Å². The molecule has 1 aromatic rings. The summed E-state index contributed by atoms with van der Waals surface area (Å²) >= 11 is 0. The second-order valence-electron chi connectivity index (χ2n) is 7.05. The third kappa shape index (κ3) is 4.11. The highest BCUT2D eigenvalue weighted by molar-refractivity contribution is 5.29. The fourth-order valence-corrected chi connectivity index (χ4v) is 3.78. The lowest BCUT2D eigenvalue weighted by Crippen LogP contribution is -2.44. The summed E-state index contributed by atoms with van der Waals surface area (Å²) in [6.45, 7) is 4.40. The Labute approximate surface area is 139 Å². The predicted octanol–water partition coefficient (Wildman–Crippen LogP) is 3.88.